The van der Waals surface area contributed by atoms with Crippen LogP contribution in [0.15, 0.2) is 21.5 Å². The maximum Gasteiger partial charge on any atom is 0.417 e. The first-order chi connectivity index (χ1) is 11.3. The molecule has 140 valence electrons. The van der Waals surface area contributed by atoms with Gasteiger partial charge in [0.2, 0.25) is 10.0 Å². The summed E-state index contributed by atoms with van der Waals surface area (Å²) in [6, 6.07) is 0.742. The first kappa shape index (κ1) is 20.0. The van der Waals surface area contributed by atoms with E-state index in [1.54, 1.807) is 0 Å². The number of hydrogen-bond donors (Lipinski definition) is 1. The van der Waals surface area contributed by atoms with Crippen molar-refractivity contribution >= 4 is 31.9 Å². The molecule has 0 aliphatic carbocycles. The lowest BCUT2D eigenvalue weighted by molar-refractivity contribution is -0.140. The minimum absolute atomic E-state index is 0.356. The van der Waals surface area contributed by atoms with Crippen molar-refractivity contribution in [2.45, 2.75) is 29.8 Å². The Bertz CT molecular complexity index is 799. The Kier molecular flexibility index (Phi) is 5.19. The van der Waals surface area contributed by atoms with Crippen molar-refractivity contribution in [2.24, 2.45) is 0 Å². The van der Waals surface area contributed by atoms with E-state index in [0.717, 1.165) is 0 Å². The van der Waals surface area contributed by atoms with Crippen LogP contribution in [0.25, 0.3) is 0 Å². The zero-order chi connectivity index (χ0) is 19.2. The van der Waals surface area contributed by atoms with Crippen LogP contribution in [0, 0.1) is 0 Å². The average Bonchev–Trinajstić information content (AvgIpc) is 2.44. The monoisotopic (exact) mass is 451 g/mol. The zero-order valence-electron chi connectivity index (χ0n) is 12.3. The van der Waals surface area contributed by atoms with E-state index in [-0.39, 0.29) is 0 Å². The van der Waals surface area contributed by atoms with Gasteiger partial charge in [-0.15, -0.1) is 0 Å². The van der Waals surface area contributed by atoms with Crippen LogP contribution in [0.2, 0.25) is 0 Å². The van der Waals surface area contributed by atoms with Crippen molar-refractivity contribution in [1.82, 2.24) is 4.31 Å². The van der Waals surface area contributed by atoms with Crippen LogP contribution < -0.4 is 0 Å². The van der Waals surface area contributed by atoms with E-state index in [2.05, 4.69) is 15.9 Å². The second kappa shape index (κ2) is 6.47. The van der Waals surface area contributed by atoms with Gasteiger partial charge in [-0.2, -0.15) is 17.5 Å². The molecular weight excluding hydrogens is 441 g/mol. The Balaban J connectivity index is 2.59. The summed E-state index contributed by atoms with van der Waals surface area (Å²) >= 11 is 2.66. The third kappa shape index (κ3) is 4.11. The molecular formula is C13H11BrF5NO4S. The normalized spacial score (nSPS) is 19.0. The molecule has 25 heavy (non-hydrogen) atoms. The fourth-order valence-electron chi connectivity index (χ4n) is 2.35. The predicted octanol–water partition coefficient (Wildman–Crippen LogP) is 3.59. The number of carbonyl (C=O) groups is 1. The number of halogens is 6. The number of aromatic carboxylic acids is 1. The molecule has 0 atom stereocenters. The lowest BCUT2D eigenvalue weighted by Crippen LogP contribution is -2.43. The first-order valence-corrected chi connectivity index (χ1v) is 9.01. The molecule has 2 rings (SSSR count). The third-order valence-corrected chi connectivity index (χ3v) is 6.27. The van der Waals surface area contributed by atoms with Crippen LogP contribution in [-0.4, -0.2) is 42.8 Å². The van der Waals surface area contributed by atoms with Crippen LogP contribution in [0.4, 0.5) is 22.0 Å². The van der Waals surface area contributed by atoms with E-state index in [0.29, 0.717) is 16.4 Å². The van der Waals surface area contributed by atoms with Gasteiger partial charge in [-0.05, 0) is 28.1 Å². The fraction of sp³-hybridized carbons (Fsp3) is 0.462. The molecule has 0 saturated carbocycles. The summed E-state index contributed by atoms with van der Waals surface area (Å²) < 4.78 is 91.1. The standard InChI is InChI=1S/C13H11BrF5NO4S/c14-9-6-8(13(17,18)19)10(5-7(9)11(21)22)25(23,24)20-3-1-12(15,16)2-4-20/h5-6H,1-4H2,(H,21,22). The molecule has 0 bridgehead atoms. The highest BCUT2D eigenvalue weighted by Gasteiger charge is 2.43. The Morgan fingerprint density at radius 2 is 1.72 bits per heavy atom. The van der Waals surface area contributed by atoms with Crippen molar-refractivity contribution in [2.75, 3.05) is 13.1 Å². The van der Waals surface area contributed by atoms with Gasteiger partial charge < -0.3 is 5.11 Å². The summed E-state index contributed by atoms with van der Waals surface area (Å²) in [4.78, 5) is 9.83. The maximum atomic E-state index is 13.2. The number of rotatable bonds is 3. The smallest absolute Gasteiger partial charge is 0.417 e. The van der Waals surface area contributed by atoms with Crippen LogP contribution in [0.1, 0.15) is 28.8 Å². The Hall–Kier alpha value is -1.27. The molecule has 1 aliphatic heterocycles. The quantitative estimate of drug-likeness (QED) is 0.712. The Morgan fingerprint density at radius 1 is 1.20 bits per heavy atom. The topological polar surface area (TPSA) is 74.7 Å². The summed E-state index contributed by atoms with van der Waals surface area (Å²) in [5.41, 5.74) is -2.25. The van der Waals surface area contributed by atoms with Gasteiger partial charge in [0.25, 0.3) is 5.92 Å². The molecule has 0 radical (unpaired) electrons. The second-order valence-electron chi connectivity index (χ2n) is 5.39. The fourth-order valence-corrected chi connectivity index (χ4v) is 4.52. The molecule has 1 saturated heterocycles. The molecule has 12 heteroatoms. The number of carboxylic acids is 1. The predicted molar refractivity (Wildman–Crippen MR) is 79.0 cm³/mol. The van der Waals surface area contributed by atoms with Crippen LogP contribution >= 0.6 is 15.9 Å². The number of piperidine rings is 1. The average molecular weight is 452 g/mol. The number of benzene rings is 1. The maximum absolute atomic E-state index is 13.2. The number of nitrogens with zero attached hydrogens (tertiary/aromatic N) is 1. The van der Waals surface area contributed by atoms with Gasteiger partial charge in [-0.3, -0.25) is 0 Å². The van der Waals surface area contributed by atoms with Gasteiger partial charge in [0, 0.05) is 30.4 Å². The molecule has 1 fully saturated rings. The van der Waals surface area contributed by atoms with E-state index in [9.17, 15) is 35.2 Å². The number of carboxylic acid groups (broad SMARTS) is 1. The van der Waals surface area contributed by atoms with Crippen molar-refractivity contribution in [3.63, 3.8) is 0 Å². The summed E-state index contributed by atoms with van der Waals surface area (Å²) in [7, 11) is -4.80. The lowest BCUT2D eigenvalue weighted by Gasteiger charge is -2.31. The van der Waals surface area contributed by atoms with Gasteiger partial charge in [0.15, 0.2) is 0 Å². The highest BCUT2D eigenvalue weighted by atomic mass is 79.9. The molecule has 0 spiro atoms. The van der Waals surface area contributed by atoms with Crippen molar-refractivity contribution in [3.8, 4) is 0 Å². The van der Waals surface area contributed by atoms with E-state index in [1.807, 2.05) is 0 Å². The largest absolute Gasteiger partial charge is 0.478 e. The molecule has 1 aromatic rings. The molecule has 1 N–H and O–H groups in total. The van der Waals surface area contributed by atoms with E-state index < -0.39 is 74.5 Å². The van der Waals surface area contributed by atoms with Crippen LogP contribution in [-0.2, 0) is 16.2 Å². The lowest BCUT2D eigenvalue weighted by atomic mass is 10.1. The van der Waals surface area contributed by atoms with Gasteiger partial charge in [0.05, 0.1) is 16.0 Å². The highest BCUT2D eigenvalue weighted by molar-refractivity contribution is 9.10. The summed E-state index contributed by atoms with van der Waals surface area (Å²) in [5, 5.41) is 9.01. The third-order valence-electron chi connectivity index (χ3n) is 3.68. The van der Waals surface area contributed by atoms with Gasteiger partial charge in [0.1, 0.15) is 0 Å². The zero-order valence-corrected chi connectivity index (χ0v) is 14.7. The Labute approximate surface area is 147 Å². The first-order valence-electron chi connectivity index (χ1n) is 6.78. The van der Waals surface area contributed by atoms with Crippen LogP contribution in [0.3, 0.4) is 0 Å². The summed E-state index contributed by atoms with van der Waals surface area (Å²) in [6.07, 6.45) is -6.73. The van der Waals surface area contributed by atoms with E-state index in [1.165, 1.54) is 0 Å². The van der Waals surface area contributed by atoms with Gasteiger partial charge >= 0.3 is 12.1 Å². The molecule has 5 nitrogen and oxygen atoms in total. The molecule has 0 amide bonds. The minimum Gasteiger partial charge on any atom is -0.478 e. The SMILES string of the molecule is O=C(O)c1cc(S(=O)(=O)N2CCC(F)(F)CC2)c(C(F)(F)F)cc1Br. The number of hydrogen-bond acceptors (Lipinski definition) is 3. The van der Waals surface area contributed by atoms with Crippen molar-refractivity contribution in [3.05, 3.63) is 27.7 Å². The molecule has 0 unspecified atom stereocenters. The van der Waals surface area contributed by atoms with Crippen molar-refractivity contribution < 1.29 is 40.3 Å². The minimum atomic E-state index is -5.08. The molecule has 1 aromatic carbocycles. The number of sulfonamides is 1. The van der Waals surface area contributed by atoms with E-state index >= 15 is 0 Å². The Morgan fingerprint density at radius 3 is 2.16 bits per heavy atom. The van der Waals surface area contributed by atoms with Crippen LogP contribution in [0.5, 0.6) is 0 Å². The van der Waals surface area contributed by atoms with Crippen molar-refractivity contribution in [1.29, 1.82) is 0 Å². The molecule has 0 aromatic heterocycles. The van der Waals surface area contributed by atoms with Gasteiger partial charge in [-0.1, -0.05) is 0 Å². The summed E-state index contributed by atoms with van der Waals surface area (Å²) in [6.45, 7) is -1.32. The van der Waals surface area contributed by atoms with Gasteiger partial charge in [-0.25, -0.2) is 22.0 Å². The van der Waals surface area contributed by atoms with E-state index in [4.69, 9.17) is 5.11 Å². The highest BCUT2D eigenvalue weighted by Crippen LogP contribution is 2.39. The second-order valence-corrected chi connectivity index (χ2v) is 8.15. The number of alkyl halides is 5. The molecule has 1 aliphatic rings. The molecule has 1 heterocycles. The summed E-state index contributed by atoms with van der Waals surface area (Å²) in [5.74, 6) is -4.73.